The number of aryl methyl sites for hydroxylation is 1. The summed E-state index contributed by atoms with van der Waals surface area (Å²) in [6.07, 6.45) is 2.37. The maximum Gasteiger partial charge on any atom is 0.494 e. The highest BCUT2D eigenvalue weighted by atomic mass is 16.7. The van der Waals surface area contributed by atoms with Gasteiger partial charge in [0.25, 0.3) is 0 Å². The van der Waals surface area contributed by atoms with E-state index in [9.17, 15) is 0 Å². The first kappa shape index (κ1) is 24.0. The predicted molar refractivity (Wildman–Crippen MR) is 138 cm³/mol. The van der Waals surface area contributed by atoms with E-state index in [2.05, 4.69) is 104 Å². The van der Waals surface area contributed by atoms with E-state index in [4.69, 9.17) is 15.2 Å². The second-order valence-corrected chi connectivity index (χ2v) is 12.2. The van der Waals surface area contributed by atoms with Crippen LogP contribution < -0.4 is 11.3 Å². The van der Waals surface area contributed by atoms with Crippen molar-refractivity contribution < 1.29 is 9.31 Å². The van der Waals surface area contributed by atoms with Gasteiger partial charge in [0.05, 0.1) is 16.9 Å². The Hall–Kier alpha value is -2.11. The summed E-state index contributed by atoms with van der Waals surface area (Å²) >= 11 is 0. The molecule has 0 saturated carbocycles. The zero-order valence-corrected chi connectivity index (χ0v) is 21.8. The van der Waals surface area contributed by atoms with Gasteiger partial charge in [-0.3, -0.25) is 0 Å². The highest BCUT2D eigenvalue weighted by Gasteiger charge is 2.51. The number of hydrogen-bond acceptors (Lipinski definition) is 4. The van der Waals surface area contributed by atoms with E-state index in [1.54, 1.807) is 0 Å². The lowest BCUT2D eigenvalue weighted by molar-refractivity contribution is 0.00578. The molecule has 33 heavy (non-hydrogen) atoms. The van der Waals surface area contributed by atoms with E-state index in [0.717, 1.165) is 22.3 Å². The van der Waals surface area contributed by atoms with Crippen LogP contribution in [0, 0.1) is 6.92 Å². The zero-order chi connectivity index (χ0) is 24.4. The van der Waals surface area contributed by atoms with Crippen LogP contribution >= 0.6 is 0 Å². The van der Waals surface area contributed by atoms with Crippen LogP contribution in [0.1, 0.15) is 96.0 Å². The van der Waals surface area contributed by atoms with Gasteiger partial charge >= 0.3 is 7.12 Å². The molecule has 0 radical (unpaired) electrons. The highest BCUT2D eigenvalue weighted by molar-refractivity contribution is 6.62. The van der Waals surface area contributed by atoms with Crippen molar-refractivity contribution in [2.75, 3.05) is 0 Å². The number of fused-ring (bicyclic) bond motifs is 1. The Bertz CT molecular complexity index is 1080. The number of rotatable bonds is 3. The molecule has 2 aliphatic rings. The number of hydrogen-bond donors (Lipinski definition) is 1. The van der Waals surface area contributed by atoms with E-state index in [1.165, 1.54) is 29.5 Å². The predicted octanol–water partition coefficient (Wildman–Crippen LogP) is 5.35. The van der Waals surface area contributed by atoms with Crippen LogP contribution in [0.4, 0.5) is 0 Å². The third-order valence-corrected chi connectivity index (χ3v) is 8.29. The summed E-state index contributed by atoms with van der Waals surface area (Å²) in [5, 5.41) is 4.25. The van der Waals surface area contributed by atoms with Crippen LogP contribution in [0.15, 0.2) is 41.5 Å². The molecule has 0 unspecified atom stereocenters. The summed E-state index contributed by atoms with van der Waals surface area (Å²) in [7, 11) is -0.379. The van der Waals surface area contributed by atoms with Crippen LogP contribution in [0.5, 0.6) is 0 Å². The summed E-state index contributed by atoms with van der Waals surface area (Å²) in [6.45, 7) is 19.9. The third kappa shape index (κ3) is 4.04. The minimum absolute atomic E-state index is 0.133. The van der Waals surface area contributed by atoms with Crippen LogP contribution in [0.2, 0.25) is 0 Å². The summed E-state index contributed by atoms with van der Waals surface area (Å²) in [4.78, 5) is 0. The molecule has 176 valence electrons. The standard InChI is InChI=1S/C28H39BN2O2/c1-18-16-22-23(26(4,5)15-14-25(22,2)3)17-21(18)24(31-30)19-10-12-20(13-11-19)29-32-27(6,7)28(8,9)33-29/h10-13,16-17H,14-15,30H2,1-9H3/b31-24+. The van der Waals surface area contributed by atoms with Gasteiger partial charge in [0.1, 0.15) is 0 Å². The molecule has 4 rings (SSSR count). The van der Waals surface area contributed by atoms with E-state index in [-0.39, 0.29) is 29.2 Å². The monoisotopic (exact) mass is 446 g/mol. The van der Waals surface area contributed by atoms with Gasteiger partial charge in [-0.2, -0.15) is 5.10 Å². The van der Waals surface area contributed by atoms with Gasteiger partial charge in [0.15, 0.2) is 0 Å². The quantitative estimate of drug-likeness (QED) is 0.299. The topological polar surface area (TPSA) is 56.8 Å². The van der Waals surface area contributed by atoms with E-state index in [0.29, 0.717) is 0 Å². The lowest BCUT2D eigenvalue weighted by atomic mass is 9.62. The normalized spacial score (nSPS) is 22.8. The first-order valence-electron chi connectivity index (χ1n) is 12.1. The van der Waals surface area contributed by atoms with Crippen LogP contribution in [-0.4, -0.2) is 24.0 Å². The van der Waals surface area contributed by atoms with Crippen molar-refractivity contribution in [3.8, 4) is 0 Å². The van der Waals surface area contributed by atoms with Gasteiger partial charge in [-0.15, -0.1) is 0 Å². The molecule has 1 aliphatic heterocycles. The number of hydrazone groups is 1. The van der Waals surface area contributed by atoms with Gasteiger partial charge < -0.3 is 15.2 Å². The van der Waals surface area contributed by atoms with Crippen molar-refractivity contribution in [3.05, 3.63) is 64.2 Å². The number of benzene rings is 2. The summed E-state index contributed by atoms with van der Waals surface area (Å²) in [5.74, 6) is 5.97. The maximum absolute atomic E-state index is 6.21. The minimum atomic E-state index is -0.379. The van der Waals surface area contributed by atoms with Gasteiger partial charge in [0.2, 0.25) is 0 Å². The van der Waals surface area contributed by atoms with Gasteiger partial charge in [-0.25, -0.2) is 0 Å². The molecule has 0 bridgehead atoms. The van der Waals surface area contributed by atoms with Gasteiger partial charge in [-0.1, -0.05) is 58.0 Å². The Labute approximate surface area is 200 Å². The average Bonchev–Trinajstić information content (AvgIpc) is 2.94. The van der Waals surface area contributed by atoms with E-state index < -0.39 is 0 Å². The largest absolute Gasteiger partial charge is 0.494 e. The summed E-state index contributed by atoms with van der Waals surface area (Å²) < 4.78 is 12.4. The van der Waals surface area contributed by atoms with E-state index in [1.807, 2.05) is 0 Å². The fourth-order valence-electron chi connectivity index (χ4n) is 5.05. The van der Waals surface area contributed by atoms with E-state index >= 15 is 0 Å². The Morgan fingerprint density at radius 2 is 1.30 bits per heavy atom. The van der Waals surface area contributed by atoms with Gasteiger partial charge in [0, 0.05) is 11.1 Å². The second kappa shape index (κ2) is 7.71. The molecule has 4 nitrogen and oxygen atoms in total. The molecule has 5 heteroatoms. The molecule has 1 heterocycles. The SMILES string of the molecule is Cc1cc2c(cc1/C(=N/N)c1ccc(B3OC(C)(C)C(C)(C)O3)cc1)C(C)(C)CCC2(C)C. The first-order valence-corrected chi connectivity index (χ1v) is 12.1. The molecular weight excluding hydrogens is 407 g/mol. The Kier molecular flexibility index (Phi) is 5.62. The number of nitrogens with zero attached hydrogens (tertiary/aromatic N) is 1. The van der Waals surface area contributed by atoms with Crippen LogP contribution in [0.3, 0.4) is 0 Å². The van der Waals surface area contributed by atoms with Crippen molar-refractivity contribution in [1.82, 2.24) is 0 Å². The van der Waals surface area contributed by atoms with Crippen LogP contribution in [0.25, 0.3) is 0 Å². The molecule has 0 spiro atoms. The Morgan fingerprint density at radius 1 is 0.818 bits per heavy atom. The second-order valence-electron chi connectivity index (χ2n) is 12.2. The molecule has 2 aromatic carbocycles. The minimum Gasteiger partial charge on any atom is -0.399 e. The maximum atomic E-state index is 6.21. The zero-order valence-electron chi connectivity index (χ0n) is 21.8. The molecule has 2 N–H and O–H groups in total. The van der Waals surface area contributed by atoms with Crippen LogP contribution in [-0.2, 0) is 20.1 Å². The third-order valence-electron chi connectivity index (χ3n) is 8.29. The fourth-order valence-corrected chi connectivity index (χ4v) is 5.05. The van der Waals surface area contributed by atoms with Crippen molar-refractivity contribution in [3.63, 3.8) is 0 Å². The highest BCUT2D eigenvalue weighted by Crippen LogP contribution is 2.46. The summed E-state index contributed by atoms with van der Waals surface area (Å²) in [6, 6.07) is 12.9. The van der Waals surface area contributed by atoms with Gasteiger partial charge in [-0.05, 0) is 86.5 Å². The molecule has 1 aliphatic carbocycles. The molecule has 0 aromatic heterocycles. The first-order chi connectivity index (χ1) is 15.2. The summed E-state index contributed by atoms with van der Waals surface area (Å²) in [5.41, 5.74) is 7.57. The smallest absolute Gasteiger partial charge is 0.399 e. The fraction of sp³-hybridized carbons (Fsp3) is 0.536. The molecular formula is C28H39BN2O2. The van der Waals surface area contributed by atoms with Crippen molar-refractivity contribution in [2.45, 2.75) is 97.2 Å². The van der Waals surface area contributed by atoms with Crippen molar-refractivity contribution >= 4 is 18.3 Å². The molecule has 1 fully saturated rings. The van der Waals surface area contributed by atoms with Crippen molar-refractivity contribution in [1.29, 1.82) is 0 Å². The molecule has 0 amide bonds. The average molecular weight is 446 g/mol. The lowest BCUT2D eigenvalue weighted by Gasteiger charge is -2.42. The Morgan fingerprint density at radius 3 is 1.79 bits per heavy atom. The number of nitrogens with two attached hydrogens (primary N) is 1. The Balaban J connectivity index is 1.69. The van der Waals surface area contributed by atoms with Crippen molar-refractivity contribution in [2.24, 2.45) is 10.9 Å². The molecule has 2 aromatic rings. The molecule has 0 atom stereocenters. The lowest BCUT2D eigenvalue weighted by Crippen LogP contribution is -2.41. The molecule has 1 saturated heterocycles.